The van der Waals surface area contributed by atoms with E-state index in [-0.39, 0.29) is 41.8 Å². The smallest absolute Gasteiger partial charge is 0.252 e. The van der Waals surface area contributed by atoms with E-state index in [9.17, 15) is 18.0 Å². The number of nitrogens with one attached hydrogen (secondary N) is 1. The Hall–Kier alpha value is -2.56. The summed E-state index contributed by atoms with van der Waals surface area (Å²) < 4.78 is 40.7. The minimum absolute atomic E-state index is 0.0946. The van der Waals surface area contributed by atoms with Gasteiger partial charge in [0.15, 0.2) is 11.6 Å². The van der Waals surface area contributed by atoms with Gasteiger partial charge in [-0.3, -0.25) is 9.69 Å². The Labute approximate surface area is 204 Å². The largest absolute Gasteiger partial charge is 0.350 e. The molecular weight excluding hydrogens is 487 g/mol. The van der Waals surface area contributed by atoms with Crippen LogP contribution in [0.5, 0.6) is 0 Å². The van der Waals surface area contributed by atoms with Gasteiger partial charge in [0.25, 0.3) is 5.91 Å². The Balaban J connectivity index is 1.51. The highest BCUT2D eigenvalue weighted by Crippen LogP contribution is 2.34. The molecule has 1 amide bonds. The molecule has 4 rings (SSSR count). The van der Waals surface area contributed by atoms with E-state index in [1.807, 2.05) is 6.92 Å². The second kappa shape index (κ2) is 10.4. The molecule has 1 saturated heterocycles. The Morgan fingerprint density at radius 1 is 1.26 bits per heavy atom. The monoisotopic (exact) mass is 509 g/mol. The van der Waals surface area contributed by atoms with Gasteiger partial charge in [0, 0.05) is 30.1 Å². The first-order valence-electron chi connectivity index (χ1n) is 10.7. The second-order valence-electron chi connectivity index (χ2n) is 8.27. The molecule has 0 spiro atoms. The molecule has 2 aromatic heterocycles. The van der Waals surface area contributed by atoms with Gasteiger partial charge in [-0.2, -0.15) is 0 Å². The topological polar surface area (TPSA) is 71.0 Å². The van der Waals surface area contributed by atoms with Crippen LogP contribution in [0.25, 0.3) is 11.4 Å². The van der Waals surface area contributed by atoms with Crippen molar-refractivity contribution >= 4 is 28.8 Å². The van der Waals surface area contributed by atoms with Crippen molar-refractivity contribution in [2.75, 3.05) is 26.3 Å². The van der Waals surface area contributed by atoms with Gasteiger partial charge in [-0.25, -0.2) is 28.1 Å². The molecule has 1 aliphatic heterocycles. The van der Waals surface area contributed by atoms with Gasteiger partial charge in [-0.1, -0.05) is 11.6 Å². The molecular formula is C23H23ClF3N5OS. The second-order valence-corrected chi connectivity index (χ2v) is 9.56. The molecule has 3 aromatic rings. The summed E-state index contributed by atoms with van der Waals surface area (Å²) in [6.07, 6.45) is 2.29. The third kappa shape index (κ3) is 5.39. The van der Waals surface area contributed by atoms with E-state index >= 15 is 0 Å². The van der Waals surface area contributed by atoms with Crippen LogP contribution in [0.1, 0.15) is 39.8 Å². The molecule has 1 aromatic carbocycles. The maximum Gasteiger partial charge on any atom is 0.252 e. The average Bonchev–Trinajstić information content (AvgIpc) is 3.26. The molecule has 0 radical (unpaired) electrons. The number of piperidine rings is 1. The van der Waals surface area contributed by atoms with Crippen LogP contribution in [0, 0.1) is 12.7 Å². The Bertz CT molecular complexity index is 1150. The highest BCUT2D eigenvalue weighted by Gasteiger charge is 2.37. The molecule has 3 heterocycles. The number of aromatic nitrogens is 3. The lowest BCUT2D eigenvalue weighted by atomic mass is 9.93. The predicted molar refractivity (Wildman–Crippen MR) is 125 cm³/mol. The molecule has 1 atom stereocenters. The van der Waals surface area contributed by atoms with Gasteiger partial charge < -0.3 is 5.32 Å². The zero-order valence-corrected chi connectivity index (χ0v) is 20.0. The van der Waals surface area contributed by atoms with E-state index in [1.165, 1.54) is 11.3 Å². The number of amides is 1. The molecule has 0 bridgehead atoms. The van der Waals surface area contributed by atoms with Crippen molar-refractivity contribution in [3.05, 3.63) is 63.1 Å². The highest BCUT2D eigenvalue weighted by molar-refractivity contribution is 7.09. The number of likely N-dealkylation sites (tertiary alicyclic amines) is 1. The first kappa shape index (κ1) is 24.6. The molecule has 0 aliphatic carbocycles. The number of hydrogen-bond donors (Lipinski definition) is 1. The summed E-state index contributed by atoms with van der Waals surface area (Å²) in [5, 5.41) is 3.17. The zero-order chi connectivity index (χ0) is 24.3. The third-order valence-electron chi connectivity index (χ3n) is 6.01. The lowest BCUT2D eigenvalue weighted by molar-refractivity contribution is 0.0204. The normalized spacial score (nSPS) is 16.9. The summed E-state index contributed by atoms with van der Waals surface area (Å²) in [5.74, 6) is -0.697. The van der Waals surface area contributed by atoms with E-state index < -0.39 is 24.1 Å². The van der Waals surface area contributed by atoms with Crippen molar-refractivity contribution in [1.29, 1.82) is 0 Å². The molecule has 1 unspecified atom stereocenters. The summed E-state index contributed by atoms with van der Waals surface area (Å²) in [5.41, 5.74) is 1.52. The summed E-state index contributed by atoms with van der Waals surface area (Å²) in [4.78, 5) is 28.3. The lowest BCUT2D eigenvalue weighted by Crippen LogP contribution is -2.47. The number of hydrogen-bond acceptors (Lipinski definition) is 6. The van der Waals surface area contributed by atoms with Crippen molar-refractivity contribution in [3.63, 3.8) is 0 Å². The van der Waals surface area contributed by atoms with Gasteiger partial charge >= 0.3 is 0 Å². The summed E-state index contributed by atoms with van der Waals surface area (Å²) in [7, 11) is 0. The highest BCUT2D eigenvalue weighted by atomic mass is 35.5. The van der Waals surface area contributed by atoms with Crippen LogP contribution in [0.2, 0.25) is 5.02 Å². The van der Waals surface area contributed by atoms with Crippen molar-refractivity contribution in [1.82, 2.24) is 25.2 Å². The number of halogens is 4. The van der Waals surface area contributed by atoms with Gasteiger partial charge in [-0.15, -0.1) is 11.3 Å². The molecule has 180 valence electrons. The molecule has 1 N–H and O–H groups in total. The Kier molecular flexibility index (Phi) is 7.49. The van der Waals surface area contributed by atoms with Crippen molar-refractivity contribution in [3.8, 4) is 11.4 Å². The number of carbonyl (C=O) groups is 1. The summed E-state index contributed by atoms with van der Waals surface area (Å²) in [6.45, 7) is 1.88. The molecule has 11 heteroatoms. The van der Waals surface area contributed by atoms with E-state index in [2.05, 4.69) is 25.2 Å². The zero-order valence-electron chi connectivity index (χ0n) is 18.4. The molecule has 1 aliphatic rings. The number of alkyl halides is 2. The van der Waals surface area contributed by atoms with Crippen LogP contribution in [0.15, 0.2) is 36.1 Å². The van der Waals surface area contributed by atoms with Gasteiger partial charge in [-0.05, 0) is 38.0 Å². The van der Waals surface area contributed by atoms with Crippen LogP contribution < -0.4 is 5.32 Å². The van der Waals surface area contributed by atoms with E-state index in [0.29, 0.717) is 18.7 Å². The molecule has 1 fully saturated rings. The first-order chi connectivity index (χ1) is 16.3. The minimum atomic E-state index is -1.79. The number of rotatable bonds is 7. The van der Waals surface area contributed by atoms with Gasteiger partial charge in [0.05, 0.1) is 40.2 Å². The lowest BCUT2D eigenvalue weighted by Gasteiger charge is -2.39. The van der Waals surface area contributed by atoms with Gasteiger partial charge in [0.2, 0.25) is 0 Å². The summed E-state index contributed by atoms with van der Waals surface area (Å²) in [6, 6.07) is 4.53. The van der Waals surface area contributed by atoms with Crippen LogP contribution >= 0.6 is 22.9 Å². The van der Waals surface area contributed by atoms with E-state index in [4.69, 9.17) is 11.6 Å². The number of carbonyl (C=O) groups excluding carboxylic acids is 1. The molecule has 0 saturated carbocycles. The van der Waals surface area contributed by atoms with E-state index in [0.717, 1.165) is 23.0 Å². The van der Waals surface area contributed by atoms with Crippen LogP contribution in [-0.4, -0.2) is 57.7 Å². The number of aryl methyl sites for hydroxylation is 1. The minimum Gasteiger partial charge on any atom is -0.350 e. The molecule has 6 nitrogen and oxygen atoms in total. The maximum absolute atomic E-state index is 14.4. The van der Waals surface area contributed by atoms with Crippen LogP contribution in [0.3, 0.4) is 0 Å². The Morgan fingerprint density at radius 2 is 1.97 bits per heavy atom. The maximum atomic E-state index is 14.4. The van der Waals surface area contributed by atoms with Crippen LogP contribution in [-0.2, 0) is 0 Å². The molecule has 34 heavy (non-hydrogen) atoms. The van der Waals surface area contributed by atoms with Crippen molar-refractivity contribution < 1.29 is 18.0 Å². The Morgan fingerprint density at radius 3 is 2.59 bits per heavy atom. The standard InChI is InChI=1S/C23H23ClF3N5OS/c1-14-20(34-13-31-14)19(32-6-4-23(27,12-25)5-7-32)11-30-22(33)17-8-15(2-3-18(17)24)21-28-9-16(26)10-29-21/h2-3,8-10,13,19H,4-7,11-12H2,1H3,(H,30,33). The van der Waals surface area contributed by atoms with E-state index in [1.54, 1.807) is 23.7 Å². The van der Waals surface area contributed by atoms with Gasteiger partial charge in [0.1, 0.15) is 12.3 Å². The van der Waals surface area contributed by atoms with Crippen LogP contribution in [0.4, 0.5) is 13.2 Å². The third-order valence-corrected chi connectivity index (χ3v) is 7.37. The first-order valence-corrected chi connectivity index (χ1v) is 12.0. The average molecular weight is 510 g/mol. The van der Waals surface area contributed by atoms with Crippen molar-refractivity contribution in [2.45, 2.75) is 31.5 Å². The quantitative estimate of drug-likeness (QED) is 0.488. The predicted octanol–water partition coefficient (Wildman–Crippen LogP) is 4.95. The SMILES string of the molecule is Cc1ncsc1C(CNC(=O)c1cc(-c2ncc(F)cn2)ccc1Cl)N1CCC(F)(CF)CC1. The number of nitrogens with zero attached hydrogens (tertiary/aromatic N) is 4. The number of thiazole rings is 1. The fourth-order valence-corrected chi connectivity index (χ4v) is 5.11. The fraction of sp³-hybridized carbons (Fsp3) is 0.391. The number of benzene rings is 1. The van der Waals surface area contributed by atoms with Crippen molar-refractivity contribution in [2.24, 2.45) is 0 Å². The fourth-order valence-electron chi connectivity index (χ4n) is 3.97. The summed E-state index contributed by atoms with van der Waals surface area (Å²) >= 11 is 7.75.